The molecular weight excluding hydrogens is 288 g/mol. The van der Waals surface area contributed by atoms with Crippen LogP contribution in [-0.4, -0.2) is 22.3 Å². The lowest BCUT2D eigenvalue weighted by Gasteiger charge is -2.09. The SMILES string of the molecule is COc1ccc(CNc2nc(-c3ccccc3)nnc2C)cc1. The molecule has 116 valence electrons. The molecule has 1 aromatic heterocycles. The van der Waals surface area contributed by atoms with Crippen molar-refractivity contribution in [2.24, 2.45) is 0 Å². The highest BCUT2D eigenvalue weighted by Gasteiger charge is 2.07. The molecule has 0 spiro atoms. The molecule has 0 atom stereocenters. The maximum Gasteiger partial charge on any atom is 0.183 e. The average molecular weight is 306 g/mol. The lowest BCUT2D eigenvalue weighted by molar-refractivity contribution is 0.414. The number of methoxy groups -OCH3 is 1. The summed E-state index contributed by atoms with van der Waals surface area (Å²) in [6.45, 7) is 2.56. The first-order chi connectivity index (χ1) is 11.3. The van der Waals surface area contributed by atoms with Gasteiger partial charge in [0.25, 0.3) is 0 Å². The first kappa shape index (κ1) is 15.0. The monoisotopic (exact) mass is 306 g/mol. The van der Waals surface area contributed by atoms with Gasteiger partial charge in [-0.05, 0) is 24.6 Å². The molecular formula is C18H18N4O. The van der Waals surface area contributed by atoms with Crippen LogP contribution in [0.15, 0.2) is 54.6 Å². The molecule has 0 amide bonds. The summed E-state index contributed by atoms with van der Waals surface area (Å²) in [4.78, 5) is 4.58. The molecule has 0 bridgehead atoms. The van der Waals surface area contributed by atoms with Crippen LogP contribution >= 0.6 is 0 Å². The van der Waals surface area contributed by atoms with Crippen LogP contribution in [0.25, 0.3) is 11.4 Å². The van der Waals surface area contributed by atoms with Gasteiger partial charge < -0.3 is 10.1 Å². The maximum atomic E-state index is 5.16. The second-order valence-electron chi connectivity index (χ2n) is 5.14. The zero-order chi connectivity index (χ0) is 16.1. The first-order valence-corrected chi connectivity index (χ1v) is 7.40. The highest BCUT2D eigenvalue weighted by molar-refractivity contribution is 5.56. The average Bonchev–Trinajstić information content (AvgIpc) is 2.62. The number of nitrogens with zero attached hydrogens (tertiary/aromatic N) is 3. The van der Waals surface area contributed by atoms with Gasteiger partial charge in [0, 0.05) is 12.1 Å². The third-order valence-electron chi connectivity index (χ3n) is 3.51. The van der Waals surface area contributed by atoms with Crippen LogP contribution in [0.1, 0.15) is 11.3 Å². The Morgan fingerprint density at radius 3 is 2.39 bits per heavy atom. The number of ether oxygens (including phenoxy) is 1. The van der Waals surface area contributed by atoms with E-state index in [9.17, 15) is 0 Å². The Morgan fingerprint density at radius 1 is 0.957 bits per heavy atom. The van der Waals surface area contributed by atoms with E-state index in [1.807, 2.05) is 61.5 Å². The molecule has 1 N–H and O–H groups in total. The summed E-state index contributed by atoms with van der Waals surface area (Å²) in [6, 6.07) is 17.8. The predicted octanol–water partition coefficient (Wildman–Crippen LogP) is 3.47. The molecule has 0 aliphatic heterocycles. The Morgan fingerprint density at radius 2 is 1.70 bits per heavy atom. The molecule has 0 fully saturated rings. The first-order valence-electron chi connectivity index (χ1n) is 7.40. The highest BCUT2D eigenvalue weighted by atomic mass is 16.5. The van der Waals surface area contributed by atoms with Crippen molar-refractivity contribution in [3.05, 3.63) is 65.9 Å². The van der Waals surface area contributed by atoms with Crippen molar-refractivity contribution >= 4 is 5.82 Å². The van der Waals surface area contributed by atoms with E-state index in [2.05, 4.69) is 20.5 Å². The summed E-state index contributed by atoms with van der Waals surface area (Å²) in [7, 11) is 1.66. The second kappa shape index (κ2) is 6.87. The van der Waals surface area contributed by atoms with E-state index in [-0.39, 0.29) is 0 Å². The Balaban J connectivity index is 1.76. The number of rotatable bonds is 5. The van der Waals surface area contributed by atoms with Crippen LogP contribution in [0.2, 0.25) is 0 Å². The summed E-state index contributed by atoms with van der Waals surface area (Å²) in [6.07, 6.45) is 0. The van der Waals surface area contributed by atoms with Crippen molar-refractivity contribution in [1.29, 1.82) is 0 Å². The molecule has 23 heavy (non-hydrogen) atoms. The largest absolute Gasteiger partial charge is 0.497 e. The van der Waals surface area contributed by atoms with Gasteiger partial charge >= 0.3 is 0 Å². The van der Waals surface area contributed by atoms with Gasteiger partial charge in [-0.25, -0.2) is 4.98 Å². The van der Waals surface area contributed by atoms with E-state index in [4.69, 9.17) is 4.74 Å². The molecule has 1 heterocycles. The number of hydrogen-bond acceptors (Lipinski definition) is 5. The van der Waals surface area contributed by atoms with Crippen LogP contribution in [0.3, 0.4) is 0 Å². The van der Waals surface area contributed by atoms with Gasteiger partial charge in [0.05, 0.1) is 7.11 Å². The van der Waals surface area contributed by atoms with E-state index >= 15 is 0 Å². The third kappa shape index (κ3) is 3.63. The van der Waals surface area contributed by atoms with Crippen molar-refractivity contribution in [3.63, 3.8) is 0 Å². The maximum absolute atomic E-state index is 5.16. The zero-order valence-electron chi connectivity index (χ0n) is 13.2. The molecule has 5 heteroatoms. The second-order valence-corrected chi connectivity index (χ2v) is 5.14. The Labute approximate surface area is 135 Å². The van der Waals surface area contributed by atoms with Gasteiger partial charge in [-0.1, -0.05) is 42.5 Å². The minimum Gasteiger partial charge on any atom is -0.497 e. The molecule has 0 aliphatic rings. The summed E-state index contributed by atoms with van der Waals surface area (Å²) in [5, 5.41) is 11.7. The Kier molecular flexibility index (Phi) is 4.47. The topological polar surface area (TPSA) is 59.9 Å². The Bertz CT molecular complexity index is 773. The lowest BCUT2D eigenvalue weighted by atomic mass is 10.2. The van der Waals surface area contributed by atoms with E-state index in [1.165, 1.54) is 0 Å². The smallest absolute Gasteiger partial charge is 0.183 e. The molecule has 0 aliphatic carbocycles. The molecule has 0 saturated heterocycles. The van der Waals surface area contributed by atoms with Crippen molar-refractivity contribution < 1.29 is 4.74 Å². The van der Waals surface area contributed by atoms with E-state index in [0.29, 0.717) is 12.4 Å². The minimum absolute atomic E-state index is 0.619. The normalized spacial score (nSPS) is 10.3. The van der Waals surface area contributed by atoms with Gasteiger partial charge in [-0.15, -0.1) is 10.2 Å². The van der Waals surface area contributed by atoms with Gasteiger partial charge in [0.15, 0.2) is 11.6 Å². The molecule has 0 saturated carbocycles. The van der Waals surface area contributed by atoms with Crippen molar-refractivity contribution in [3.8, 4) is 17.1 Å². The fourth-order valence-corrected chi connectivity index (χ4v) is 2.19. The van der Waals surface area contributed by atoms with Crippen LogP contribution in [0, 0.1) is 6.92 Å². The van der Waals surface area contributed by atoms with Crippen LogP contribution in [0.4, 0.5) is 5.82 Å². The highest BCUT2D eigenvalue weighted by Crippen LogP contribution is 2.18. The van der Waals surface area contributed by atoms with Crippen LogP contribution in [0.5, 0.6) is 5.75 Å². The molecule has 3 rings (SSSR count). The fourth-order valence-electron chi connectivity index (χ4n) is 2.19. The summed E-state index contributed by atoms with van der Waals surface area (Å²) >= 11 is 0. The number of aromatic nitrogens is 3. The number of hydrogen-bond donors (Lipinski definition) is 1. The van der Waals surface area contributed by atoms with Crippen molar-refractivity contribution in [2.45, 2.75) is 13.5 Å². The summed E-state index contributed by atoms with van der Waals surface area (Å²) in [5.41, 5.74) is 2.87. The standard InChI is InChI=1S/C18H18N4O/c1-13-17(19-12-14-8-10-16(23-2)11-9-14)20-18(22-21-13)15-6-4-3-5-7-15/h3-11H,12H2,1-2H3,(H,19,20,22). The predicted molar refractivity (Wildman–Crippen MR) is 90.3 cm³/mol. The van der Waals surface area contributed by atoms with Gasteiger partial charge in [0.2, 0.25) is 0 Å². The zero-order valence-corrected chi connectivity index (χ0v) is 13.2. The van der Waals surface area contributed by atoms with Gasteiger partial charge in [-0.2, -0.15) is 0 Å². The van der Waals surface area contributed by atoms with Gasteiger partial charge in [-0.3, -0.25) is 0 Å². The number of benzene rings is 2. The van der Waals surface area contributed by atoms with Crippen molar-refractivity contribution in [2.75, 3.05) is 12.4 Å². The number of aryl methyl sites for hydroxylation is 1. The molecule has 0 unspecified atom stereocenters. The number of nitrogens with one attached hydrogen (secondary N) is 1. The minimum atomic E-state index is 0.619. The molecule has 3 aromatic rings. The third-order valence-corrected chi connectivity index (χ3v) is 3.51. The van der Waals surface area contributed by atoms with E-state index in [0.717, 1.165) is 28.4 Å². The summed E-state index contributed by atoms with van der Waals surface area (Å²) < 4.78 is 5.16. The molecule has 2 aromatic carbocycles. The van der Waals surface area contributed by atoms with E-state index in [1.54, 1.807) is 7.11 Å². The van der Waals surface area contributed by atoms with Crippen LogP contribution < -0.4 is 10.1 Å². The summed E-state index contributed by atoms with van der Waals surface area (Å²) in [5.74, 6) is 2.21. The number of anilines is 1. The van der Waals surface area contributed by atoms with Crippen molar-refractivity contribution in [1.82, 2.24) is 15.2 Å². The van der Waals surface area contributed by atoms with Crippen LogP contribution in [-0.2, 0) is 6.54 Å². The lowest BCUT2D eigenvalue weighted by Crippen LogP contribution is -2.07. The molecule has 5 nitrogen and oxygen atoms in total. The quantitative estimate of drug-likeness (QED) is 0.782. The van der Waals surface area contributed by atoms with E-state index < -0.39 is 0 Å². The fraction of sp³-hybridized carbons (Fsp3) is 0.167. The molecule has 0 radical (unpaired) electrons. The van der Waals surface area contributed by atoms with Gasteiger partial charge in [0.1, 0.15) is 11.4 Å². The Hall–Kier alpha value is -2.95.